The van der Waals surface area contributed by atoms with Crippen molar-refractivity contribution in [3.05, 3.63) is 35.3 Å². The van der Waals surface area contributed by atoms with E-state index in [9.17, 15) is 18.0 Å². The first-order valence-electron chi connectivity index (χ1n) is 5.67. The number of nitrogens with zero attached hydrogens (tertiary/aromatic N) is 2. The van der Waals surface area contributed by atoms with Crippen LogP contribution in [0, 0.1) is 0 Å². The molecule has 20 heavy (non-hydrogen) atoms. The molecule has 4 nitrogen and oxygen atoms in total. The molecule has 0 radical (unpaired) electrons. The Morgan fingerprint density at radius 3 is 2.50 bits per heavy atom. The highest BCUT2D eigenvalue weighted by atomic mass is 32.1. The largest absolute Gasteiger partial charge is 0.390 e. The number of halogens is 3. The number of nitrogens with one attached hydrogen (secondary N) is 1. The molecule has 1 N–H and O–H groups in total. The van der Waals surface area contributed by atoms with Crippen LogP contribution in [0.1, 0.15) is 16.8 Å². The zero-order valence-corrected chi connectivity index (χ0v) is 11.0. The number of benzene rings is 1. The highest BCUT2D eigenvalue weighted by Crippen LogP contribution is 2.19. The Morgan fingerprint density at radius 1 is 1.25 bits per heavy atom. The van der Waals surface area contributed by atoms with Gasteiger partial charge in [-0.05, 0) is 23.7 Å². The molecule has 0 bridgehead atoms. The van der Waals surface area contributed by atoms with E-state index in [4.69, 9.17) is 0 Å². The minimum atomic E-state index is -4.27. The number of amides is 1. The fourth-order valence-electron chi connectivity index (χ4n) is 1.49. The molecule has 1 amide bonds. The van der Waals surface area contributed by atoms with Crippen LogP contribution in [0.4, 0.5) is 13.2 Å². The first-order valence-corrected chi connectivity index (χ1v) is 6.51. The molecule has 1 heterocycles. The minimum absolute atomic E-state index is 0.297. The summed E-state index contributed by atoms with van der Waals surface area (Å²) in [6.45, 7) is -0.433. The van der Waals surface area contributed by atoms with Gasteiger partial charge in [-0.15, -0.1) is 0 Å². The van der Waals surface area contributed by atoms with Gasteiger partial charge in [0.15, 0.2) is 5.82 Å². The molecule has 2 rings (SSSR count). The second kappa shape index (κ2) is 6.00. The van der Waals surface area contributed by atoms with Crippen molar-refractivity contribution < 1.29 is 18.0 Å². The molecule has 106 valence electrons. The third-order valence-corrected chi connectivity index (χ3v) is 2.94. The quantitative estimate of drug-likeness (QED) is 0.944. The molecule has 0 saturated carbocycles. The van der Waals surface area contributed by atoms with Crippen molar-refractivity contribution in [2.24, 2.45) is 0 Å². The Labute approximate surface area is 116 Å². The van der Waals surface area contributed by atoms with E-state index in [0.29, 0.717) is 11.4 Å². The van der Waals surface area contributed by atoms with Crippen LogP contribution in [-0.2, 0) is 0 Å². The van der Waals surface area contributed by atoms with Crippen molar-refractivity contribution in [1.82, 2.24) is 14.7 Å². The molecular formula is C12H10F3N3OS. The normalized spacial score (nSPS) is 11.3. The van der Waals surface area contributed by atoms with Crippen LogP contribution >= 0.6 is 11.5 Å². The average molecular weight is 301 g/mol. The van der Waals surface area contributed by atoms with Gasteiger partial charge < -0.3 is 5.32 Å². The smallest absolute Gasteiger partial charge is 0.352 e. The van der Waals surface area contributed by atoms with E-state index >= 15 is 0 Å². The summed E-state index contributed by atoms with van der Waals surface area (Å²) in [4.78, 5) is 15.6. The van der Waals surface area contributed by atoms with Crippen molar-refractivity contribution in [3.63, 3.8) is 0 Å². The van der Waals surface area contributed by atoms with Crippen molar-refractivity contribution in [1.29, 1.82) is 0 Å². The summed E-state index contributed by atoms with van der Waals surface area (Å²) in [6.07, 6.45) is -5.31. The van der Waals surface area contributed by atoms with Gasteiger partial charge in [0.2, 0.25) is 0 Å². The van der Waals surface area contributed by atoms with E-state index in [0.717, 1.165) is 5.56 Å². The molecule has 8 heteroatoms. The number of hydrogen-bond acceptors (Lipinski definition) is 4. The highest BCUT2D eigenvalue weighted by molar-refractivity contribution is 7.03. The predicted octanol–water partition coefficient (Wildman–Crippen LogP) is 2.89. The van der Waals surface area contributed by atoms with E-state index < -0.39 is 25.0 Å². The topological polar surface area (TPSA) is 54.9 Å². The maximum absolute atomic E-state index is 12.0. The third-order valence-electron chi connectivity index (χ3n) is 2.46. The Morgan fingerprint density at radius 2 is 1.95 bits per heavy atom. The van der Waals surface area contributed by atoms with E-state index in [2.05, 4.69) is 14.7 Å². The number of rotatable bonds is 4. The standard InChI is InChI=1S/C12H10F3N3OS/c13-12(14,15)5-6-16-11(19)9-3-1-8(2-4-9)10-17-7-20-18-10/h1-4,7H,5-6H2,(H,16,19). The van der Waals surface area contributed by atoms with Gasteiger partial charge in [0, 0.05) is 17.7 Å². The first kappa shape index (κ1) is 14.4. The summed E-state index contributed by atoms with van der Waals surface area (Å²) in [7, 11) is 0. The first-order chi connectivity index (χ1) is 9.46. The molecule has 1 aromatic carbocycles. The summed E-state index contributed by atoms with van der Waals surface area (Å²) < 4.78 is 39.9. The lowest BCUT2D eigenvalue weighted by molar-refractivity contribution is -0.132. The summed E-state index contributed by atoms with van der Waals surface area (Å²) >= 11 is 1.21. The molecule has 0 aliphatic heterocycles. The number of carbonyl (C=O) groups is 1. The SMILES string of the molecule is O=C(NCCC(F)(F)F)c1ccc(-c2ncsn2)cc1. The maximum Gasteiger partial charge on any atom is 0.390 e. The third kappa shape index (κ3) is 4.02. The van der Waals surface area contributed by atoms with Crippen LogP contribution in [0.25, 0.3) is 11.4 Å². The van der Waals surface area contributed by atoms with E-state index in [1.165, 1.54) is 23.7 Å². The van der Waals surface area contributed by atoms with Gasteiger partial charge in [0.05, 0.1) is 6.42 Å². The molecule has 0 unspecified atom stereocenters. The van der Waals surface area contributed by atoms with Gasteiger partial charge in [-0.2, -0.15) is 17.5 Å². The second-order valence-corrected chi connectivity index (χ2v) is 4.56. The molecule has 0 fully saturated rings. The van der Waals surface area contributed by atoms with Gasteiger partial charge in [-0.1, -0.05) is 12.1 Å². The Hall–Kier alpha value is -1.96. The molecule has 0 atom stereocenters. The lowest BCUT2D eigenvalue weighted by atomic mass is 10.1. The van der Waals surface area contributed by atoms with Crippen LogP contribution in [0.5, 0.6) is 0 Å². The zero-order valence-electron chi connectivity index (χ0n) is 10.1. The number of alkyl halides is 3. The Kier molecular flexibility index (Phi) is 4.33. The minimum Gasteiger partial charge on any atom is -0.352 e. The van der Waals surface area contributed by atoms with Crippen molar-refractivity contribution in [2.45, 2.75) is 12.6 Å². The monoisotopic (exact) mass is 301 g/mol. The molecule has 2 aromatic rings. The van der Waals surface area contributed by atoms with Gasteiger partial charge in [-0.25, -0.2) is 4.98 Å². The number of carbonyl (C=O) groups excluding carboxylic acids is 1. The summed E-state index contributed by atoms with van der Waals surface area (Å²) in [5, 5.41) is 2.22. The second-order valence-electron chi connectivity index (χ2n) is 3.95. The average Bonchev–Trinajstić information content (AvgIpc) is 2.91. The molecular weight excluding hydrogens is 291 g/mol. The zero-order chi connectivity index (χ0) is 14.6. The van der Waals surface area contributed by atoms with E-state index in [1.807, 2.05) is 0 Å². The highest BCUT2D eigenvalue weighted by Gasteiger charge is 2.26. The lowest BCUT2D eigenvalue weighted by Crippen LogP contribution is -2.27. The van der Waals surface area contributed by atoms with Gasteiger partial charge in [-0.3, -0.25) is 4.79 Å². The Balaban J connectivity index is 1.94. The van der Waals surface area contributed by atoms with Crippen LogP contribution in [0.2, 0.25) is 0 Å². The van der Waals surface area contributed by atoms with Crippen LogP contribution < -0.4 is 5.32 Å². The predicted molar refractivity (Wildman–Crippen MR) is 68.4 cm³/mol. The molecule has 0 aliphatic rings. The van der Waals surface area contributed by atoms with Gasteiger partial charge >= 0.3 is 6.18 Å². The van der Waals surface area contributed by atoms with Crippen molar-refractivity contribution >= 4 is 17.4 Å². The number of aromatic nitrogens is 2. The summed E-state index contributed by atoms with van der Waals surface area (Å²) in [6, 6.07) is 6.36. The summed E-state index contributed by atoms with van der Waals surface area (Å²) in [5.41, 5.74) is 2.64. The van der Waals surface area contributed by atoms with E-state index in [1.54, 1.807) is 17.6 Å². The lowest BCUT2D eigenvalue weighted by Gasteiger charge is -2.08. The van der Waals surface area contributed by atoms with E-state index in [-0.39, 0.29) is 0 Å². The molecule has 1 aromatic heterocycles. The maximum atomic E-state index is 12.0. The van der Waals surface area contributed by atoms with Gasteiger partial charge in [0.25, 0.3) is 5.91 Å². The van der Waals surface area contributed by atoms with Gasteiger partial charge in [0.1, 0.15) is 5.51 Å². The van der Waals surface area contributed by atoms with Crippen LogP contribution in [0.3, 0.4) is 0 Å². The molecule has 0 aliphatic carbocycles. The fraction of sp³-hybridized carbons (Fsp3) is 0.250. The van der Waals surface area contributed by atoms with Crippen LogP contribution in [0.15, 0.2) is 29.8 Å². The molecule has 0 spiro atoms. The summed E-state index contributed by atoms with van der Waals surface area (Å²) in [5.74, 6) is 0.0195. The Bertz CT molecular complexity index is 567. The molecule has 0 saturated heterocycles. The van der Waals surface area contributed by atoms with Crippen LogP contribution in [-0.4, -0.2) is 28.0 Å². The van der Waals surface area contributed by atoms with Crippen molar-refractivity contribution in [2.75, 3.05) is 6.54 Å². The fourth-order valence-corrected chi connectivity index (χ4v) is 1.93. The number of hydrogen-bond donors (Lipinski definition) is 1. The van der Waals surface area contributed by atoms with Crippen molar-refractivity contribution in [3.8, 4) is 11.4 Å².